The SMILES string of the molecule is CN(C)S(=O)(=O)NC[C@H]1[C@H]2CN(Cc3[nH]nc4ncccc34)C[C@]23CC[C@H]1O3. The molecule has 2 bridgehead atoms. The van der Waals surface area contributed by atoms with Crippen molar-refractivity contribution in [2.24, 2.45) is 11.8 Å². The minimum atomic E-state index is -3.42. The third kappa shape index (κ3) is 2.86. The lowest BCUT2D eigenvalue weighted by atomic mass is 9.74. The van der Waals surface area contributed by atoms with Crippen LogP contribution in [0.15, 0.2) is 18.3 Å². The molecule has 1 spiro atoms. The predicted molar refractivity (Wildman–Crippen MR) is 104 cm³/mol. The average molecular weight is 407 g/mol. The molecule has 0 amide bonds. The smallest absolute Gasteiger partial charge is 0.278 e. The molecule has 3 aliphatic heterocycles. The lowest BCUT2D eigenvalue weighted by molar-refractivity contribution is 0.00213. The zero-order valence-corrected chi connectivity index (χ0v) is 16.9. The molecule has 4 atom stereocenters. The van der Waals surface area contributed by atoms with Gasteiger partial charge in [0.15, 0.2) is 5.65 Å². The van der Waals surface area contributed by atoms with Crippen molar-refractivity contribution in [3.8, 4) is 0 Å². The molecule has 0 unspecified atom stereocenters. The Kier molecular flexibility index (Phi) is 4.25. The average Bonchev–Trinajstić information content (AvgIpc) is 3.39. The fourth-order valence-electron chi connectivity index (χ4n) is 5.26. The Hall–Kier alpha value is -1.59. The topological polar surface area (TPSA) is 103 Å². The normalized spacial score (nSPS) is 32.6. The molecule has 10 heteroatoms. The standard InChI is InChI=1S/C18H26N6O3S/c1-23(2)28(25,26)20-8-13-14-9-24(11-18(14)6-5-16(13)27-18)10-15-12-4-3-7-19-17(12)22-21-15/h3-4,7,13-14,16,20H,5-6,8-11H2,1-2H3,(H,19,21,22)/t13-,14+,16+,18+/m0/s1. The molecule has 28 heavy (non-hydrogen) atoms. The molecule has 0 aromatic carbocycles. The number of nitrogens with zero attached hydrogens (tertiary/aromatic N) is 4. The Bertz CT molecular complexity index is 992. The van der Waals surface area contributed by atoms with Gasteiger partial charge in [0.2, 0.25) is 0 Å². The summed E-state index contributed by atoms with van der Waals surface area (Å²) in [6.07, 6.45) is 3.98. The molecule has 9 nitrogen and oxygen atoms in total. The van der Waals surface area contributed by atoms with Crippen LogP contribution < -0.4 is 4.72 Å². The van der Waals surface area contributed by atoms with Crippen LogP contribution in [0.2, 0.25) is 0 Å². The van der Waals surface area contributed by atoms with Crippen LogP contribution in [-0.2, 0) is 21.5 Å². The summed E-state index contributed by atoms with van der Waals surface area (Å²) in [5.74, 6) is 0.567. The molecule has 2 aromatic rings. The van der Waals surface area contributed by atoms with E-state index < -0.39 is 10.2 Å². The number of fused-ring (bicyclic) bond motifs is 2. The molecular formula is C18H26N6O3S. The molecule has 5 rings (SSSR count). The van der Waals surface area contributed by atoms with E-state index in [1.165, 1.54) is 4.31 Å². The van der Waals surface area contributed by atoms with Crippen molar-refractivity contribution < 1.29 is 13.2 Å². The van der Waals surface area contributed by atoms with Gasteiger partial charge in [-0.05, 0) is 25.0 Å². The first-order valence-electron chi connectivity index (χ1n) is 9.73. The monoisotopic (exact) mass is 406 g/mol. The van der Waals surface area contributed by atoms with Crippen molar-refractivity contribution in [1.29, 1.82) is 0 Å². The van der Waals surface area contributed by atoms with Gasteiger partial charge < -0.3 is 4.74 Å². The van der Waals surface area contributed by atoms with Crippen LogP contribution in [-0.4, -0.2) is 78.2 Å². The highest BCUT2D eigenvalue weighted by Gasteiger charge is 2.62. The molecule has 3 fully saturated rings. The fourth-order valence-corrected chi connectivity index (χ4v) is 5.92. The van der Waals surface area contributed by atoms with Gasteiger partial charge in [0.05, 0.1) is 17.4 Å². The van der Waals surface area contributed by atoms with Gasteiger partial charge in [0, 0.05) is 63.7 Å². The molecule has 3 saturated heterocycles. The Morgan fingerprint density at radius 3 is 3.14 bits per heavy atom. The molecule has 5 heterocycles. The molecule has 0 radical (unpaired) electrons. The maximum Gasteiger partial charge on any atom is 0.278 e. The van der Waals surface area contributed by atoms with Gasteiger partial charge >= 0.3 is 0 Å². The van der Waals surface area contributed by atoms with E-state index in [0.717, 1.165) is 49.2 Å². The van der Waals surface area contributed by atoms with Gasteiger partial charge in [-0.25, -0.2) is 9.71 Å². The van der Waals surface area contributed by atoms with Gasteiger partial charge in [-0.3, -0.25) is 10.00 Å². The van der Waals surface area contributed by atoms with Crippen molar-refractivity contribution in [3.63, 3.8) is 0 Å². The van der Waals surface area contributed by atoms with Crippen LogP contribution in [0.1, 0.15) is 18.5 Å². The van der Waals surface area contributed by atoms with E-state index >= 15 is 0 Å². The van der Waals surface area contributed by atoms with E-state index in [0.29, 0.717) is 12.5 Å². The summed E-state index contributed by atoms with van der Waals surface area (Å²) in [5, 5.41) is 8.47. The predicted octanol–water partition coefficient (Wildman–Crippen LogP) is 0.333. The van der Waals surface area contributed by atoms with Crippen molar-refractivity contribution in [2.75, 3.05) is 33.7 Å². The Morgan fingerprint density at radius 2 is 2.32 bits per heavy atom. The van der Waals surface area contributed by atoms with Crippen LogP contribution in [0.5, 0.6) is 0 Å². The highest BCUT2D eigenvalue weighted by molar-refractivity contribution is 7.87. The summed E-state index contributed by atoms with van der Waals surface area (Å²) in [4.78, 5) is 6.69. The number of nitrogens with one attached hydrogen (secondary N) is 2. The quantitative estimate of drug-likeness (QED) is 0.717. The summed E-state index contributed by atoms with van der Waals surface area (Å²) >= 11 is 0. The zero-order chi connectivity index (χ0) is 19.5. The molecule has 0 aliphatic carbocycles. The van der Waals surface area contributed by atoms with E-state index in [4.69, 9.17) is 4.74 Å². The molecule has 2 N–H and O–H groups in total. The van der Waals surface area contributed by atoms with Gasteiger partial charge in [0.1, 0.15) is 0 Å². The van der Waals surface area contributed by atoms with Crippen LogP contribution >= 0.6 is 0 Å². The number of likely N-dealkylation sites (tertiary alicyclic amines) is 1. The number of ether oxygens (including phenoxy) is 1. The summed E-state index contributed by atoms with van der Waals surface area (Å²) in [5.41, 5.74) is 1.68. The first-order chi connectivity index (χ1) is 13.4. The number of aromatic nitrogens is 3. The number of H-pyrrole nitrogens is 1. The lowest BCUT2D eigenvalue weighted by Crippen LogP contribution is -2.44. The van der Waals surface area contributed by atoms with Crippen molar-refractivity contribution in [3.05, 3.63) is 24.0 Å². The van der Waals surface area contributed by atoms with Crippen LogP contribution in [0, 0.1) is 11.8 Å². The zero-order valence-electron chi connectivity index (χ0n) is 16.1. The first-order valence-corrected chi connectivity index (χ1v) is 11.2. The second-order valence-electron chi connectivity index (χ2n) is 8.41. The Labute approximate surface area is 164 Å². The number of hydrogen-bond acceptors (Lipinski definition) is 6. The maximum absolute atomic E-state index is 12.1. The first kappa shape index (κ1) is 18.4. The number of hydrogen-bond donors (Lipinski definition) is 2. The van der Waals surface area contributed by atoms with E-state index in [1.807, 2.05) is 12.1 Å². The molecule has 2 aromatic heterocycles. The number of aromatic amines is 1. The number of pyridine rings is 1. The lowest BCUT2D eigenvalue weighted by Gasteiger charge is -2.29. The maximum atomic E-state index is 12.1. The molecule has 152 valence electrons. The van der Waals surface area contributed by atoms with Gasteiger partial charge in [-0.15, -0.1) is 0 Å². The van der Waals surface area contributed by atoms with E-state index in [9.17, 15) is 8.42 Å². The summed E-state index contributed by atoms with van der Waals surface area (Å²) in [6, 6.07) is 3.97. The third-order valence-corrected chi connectivity index (χ3v) is 8.12. The van der Waals surface area contributed by atoms with E-state index in [1.54, 1.807) is 20.3 Å². The summed E-state index contributed by atoms with van der Waals surface area (Å²) in [6.45, 7) is 2.99. The summed E-state index contributed by atoms with van der Waals surface area (Å²) < 4.78 is 34.7. The molecular weight excluding hydrogens is 380 g/mol. The highest BCUT2D eigenvalue weighted by atomic mass is 32.2. The highest BCUT2D eigenvalue weighted by Crippen LogP contribution is 2.54. The Balaban J connectivity index is 1.31. The third-order valence-electron chi connectivity index (χ3n) is 6.63. The van der Waals surface area contributed by atoms with Crippen molar-refractivity contribution >= 4 is 21.2 Å². The summed E-state index contributed by atoms with van der Waals surface area (Å²) in [7, 11) is -0.331. The van der Waals surface area contributed by atoms with Crippen LogP contribution in [0.3, 0.4) is 0 Å². The van der Waals surface area contributed by atoms with Crippen molar-refractivity contribution in [1.82, 2.24) is 29.1 Å². The molecule has 3 aliphatic rings. The van der Waals surface area contributed by atoms with E-state index in [-0.39, 0.29) is 17.6 Å². The minimum Gasteiger partial charge on any atom is -0.370 e. The van der Waals surface area contributed by atoms with Gasteiger partial charge in [-0.1, -0.05) is 0 Å². The van der Waals surface area contributed by atoms with Gasteiger partial charge in [-0.2, -0.15) is 17.8 Å². The van der Waals surface area contributed by atoms with Gasteiger partial charge in [0.25, 0.3) is 10.2 Å². The molecule has 0 saturated carbocycles. The Morgan fingerprint density at radius 1 is 1.46 bits per heavy atom. The van der Waals surface area contributed by atoms with Crippen LogP contribution in [0.25, 0.3) is 11.0 Å². The number of rotatable bonds is 6. The second kappa shape index (κ2) is 6.46. The van der Waals surface area contributed by atoms with Crippen molar-refractivity contribution in [2.45, 2.75) is 31.1 Å². The minimum absolute atomic E-state index is 0.132. The van der Waals surface area contributed by atoms with Crippen LogP contribution in [0.4, 0.5) is 0 Å². The van der Waals surface area contributed by atoms with E-state index in [2.05, 4.69) is 24.8 Å². The largest absolute Gasteiger partial charge is 0.370 e. The second-order valence-corrected chi connectivity index (χ2v) is 10.4. The fraction of sp³-hybridized carbons (Fsp3) is 0.667.